The van der Waals surface area contributed by atoms with E-state index in [9.17, 15) is 0 Å². The summed E-state index contributed by atoms with van der Waals surface area (Å²) in [5.41, 5.74) is 0. The van der Waals surface area contributed by atoms with Crippen LogP contribution in [0.15, 0.2) is 0 Å². The first kappa shape index (κ1) is 50.1. The van der Waals surface area contributed by atoms with Gasteiger partial charge in [0.2, 0.25) is 0 Å². The Morgan fingerprint density at radius 1 is 0.292 bits per heavy atom. The van der Waals surface area contributed by atoms with Gasteiger partial charge in [0.15, 0.2) is 0 Å². The van der Waals surface area contributed by atoms with E-state index in [-0.39, 0.29) is 7.43 Å². The molecule has 4 aliphatic carbocycles. The van der Waals surface area contributed by atoms with Gasteiger partial charge in [-0.05, 0) is 56.0 Å². The van der Waals surface area contributed by atoms with E-state index in [1.165, 1.54) is 212 Å². The maximum atomic E-state index is 2.44. The van der Waals surface area contributed by atoms with Gasteiger partial charge in [-0.15, -0.1) is 0 Å². The molecular weight excluding hydrogens is 579 g/mol. The zero-order valence-electron chi connectivity index (χ0n) is 34.7. The van der Waals surface area contributed by atoms with E-state index in [0.717, 1.165) is 29.6 Å². The summed E-state index contributed by atoms with van der Waals surface area (Å²) in [5.74, 6) is 5.02. The van der Waals surface area contributed by atoms with Gasteiger partial charge in [-0.2, -0.15) is 0 Å². The van der Waals surface area contributed by atoms with Crippen molar-refractivity contribution in [3.05, 3.63) is 0 Å². The smallest absolute Gasteiger partial charge is 0.000398 e. The molecule has 1 nitrogen and oxygen atoms in total. The van der Waals surface area contributed by atoms with Crippen molar-refractivity contribution in [2.45, 2.75) is 255 Å². The van der Waals surface area contributed by atoms with E-state index >= 15 is 0 Å². The molecule has 5 fully saturated rings. The Morgan fingerprint density at radius 2 is 0.479 bits per heavy atom. The number of piperidine rings is 1. The average molecular weight is 678 g/mol. The van der Waals surface area contributed by atoms with Crippen molar-refractivity contribution < 1.29 is 0 Å². The quantitative estimate of drug-likeness (QED) is 0.231. The fraction of sp³-hybridized carbons (Fsp3) is 1.00. The van der Waals surface area contributed by atoms with E-state index in [1.807, 2.05) is 13.8 Å². The number of hydrogen-bond donors (Lipinski definition) is 0. The summed E-state index contributed by atoms with van der Waals surface area (Å²) in [5, 5.41) is 0. The summed E-state index contributed by atoms with van der Waals surface area (Å²) in [7, 11) is 2.20. The molecule has 0 radical (unpaired) electrons. The fourth-order valence-electron chi connectivity index (χ4n) is 8.24. The largest absolute Gasteiger partial charge is 0.306 e. The number of rotatable bonds is 0. The molecule has 292 valence electrons. The molecule has 0 spiro atoms. The van der Waals surface area contributed by atoms with Crippen LogP contribution in [-0.2, 0) is 0 Å². The minimum absolute atomic E-state index is 0. The SMILES string of the molecule is C.CC.CC1CCCCC1.CC1CCCCCC1.CC1CCCCCCC1.CC1CCCCCCCCCCC1.CC1CCCN(C)C1. The van der Waals surface area contributed by atoms with E-state index < -0.39 is 0 Å². The van der Waals surface area contributed by atoms with Gasteiger partial charge in [-0.1, -0.05) is 242 Å². The zero-order chi connectivity index (χ0) is 34.8. The van der Waals surface area contributed by atoms with Crippen LogP contribution in [0, 0.1) is 29.6 Å². The molecule has 0 amide bonds. The number of nitrogens with zero attached hydrogens (tertiary/aromatic N) is 1. The molecule has 1 unspecified atom stereocenters. The molecule has 5 aliphatic rings. The van der Waals surface area contributed by atoms with Crippen LogP contribution in [0.5, 0.6) is 0 Å². The second-order valence-electron chi connectivity index (χ2n) is 17.2. The first-order valence-electron chi connectivity index (χ1n) is 22.5. The molecule has 1 heteroatoms. The maximum absolute atomic E-state index is 2.44. The summed E-state index contributed by atoms with van der Waals surface area (Å²) >= 11 is 0. The number of hydrogen-bond acceptors (Lipinski definition) is 1. The first-order valence-corrected chi connectivity index (χ1v) is 22.5. The Bertz CT molecular complexity index is 544. The molecule has 0 bridgehead atoms. The second-order valence-corrected chi connectivity index (χ2v) is 17.2. The molecule has 0 aromatic carbocycles. The predicted octanol–water partition coefficient (Wildman–Crippen LogP) is 16.9. The van der Waals surface area contributed by atoms with Crippen LogP contribution < -0.4 is 0 Å². The third kappa shape index (κ3) is 35.8. The highest BCUT2D eigenvalue weighted by molar-refractivity contribution is 4.66. The Kier molecular flexibility index (Phi) is 39.8. The van der Waals surface area contributed by atoms with Crippen molar-refractivity contribution in [2.24, 2.45) is 29.6 Å². The number of likely N-dealkylation sites (tertiary alicyclic amines) is 1. The Morgan fingerprint density at radius 3 is 0.667 bits per heavy atom. The van der Waals surface area contributed by atoms with Crippen molar-refractivity contribution in [1.82, 2.24) is 4.90 Å². The molecule has 1 aliphatic heterocycles. The molecule has 0 aromatic rings. The van der Waals surface area contributed by atoms with Crippen LogP contribution in [0.4, 0.5) is 0 Å². The third-order valence-electron chi connectivity index (χ3n) is 11.7. The highest BCUT2D eigenvalue weighted by atomic mass is 15.1. The molecule has 0 aromatic heterocycles. The van der Waals surface area contributed by atoms with Crippen LogP contribution in [0.25, 0.3) is 0 Å². The molecule has 1 heterocycles. The zero-order valence-corrected chi connectivity index (χ0v) is 34.7. The van der Waals surface area contributed by atoms with E-state index in [0.29, 0.717) is 0 Å². The summed E-state index contributed by atoms with van der Waals surface area (Å²) in [4.78, 5) is 2.41. The predicted molar refractivity (Wildman–Crippen MR) is 225 cm³/mol. The van der Waals surface area contributed by atoms with Crippen LogP contribution in [0.1, 0.15) is 255 Å². The van der Waals surface area contributed by atoms with Gasteiger partial charge >= 0.3 is 0 Å². The highest BCUT2D eigenvalue weighted by Gasteiger charge is 2.11. The third-order valence-corrected chi connectivity index (χ3v) is 11.7. The molecule has 1 atom stereocenters. The van der Waals surface area contributed by atoms with Crippen molar-refractivity contribution in [3.63, 3.8) is 0 Å². The van der Waals surface area contributed by atoms with Gasteiger partial charge in [0.25, 0.3) is 0 Å². The molecule has 48 heavy (non-hydrogen) atoms. The molecule has 0 N–H and O–H groups in total. The molecule has 1 saturated heterocycles. The van der Waals surface area contributed by atoms with Gasteiger partial charge in [0, 0.05) is 6.54 Å². The van der Waals surface area contributed by atoms with E-state index in [4.69, 9.17) is 0 Å². The van der Waals surface area contributed by atoms with Gasteiger partial charge in [-0.3, -0.25) is 0 Å². The average Bonchev–Trinajstić information content (AvgIpc) is 3.30. The standard InChI is InChI=1S/C13H26.C9H18.C8H16.C7H15N.C7H14.C2H6.CH4/c1-13-11-9-7-5-3-2-4-6-8-10-12-13;1-9-7-5-3-2-4-6-8-9;1-8-6-4-2-3-5-7-8;1-7-4-3-5-8(2)6-7;1-7-5-3-2-4-6-7;1-2;/h13H,2-12H2,1H3;9H,2-8H2,1H3;8H,2-7H2,1H3;7H,3-6H2,1-2H3;7H,2-6H2,1H3;1-2H3;1H4. The highest BCUT2D eigenvalue weighted by Crippen LogP contribution is 2.24. The lowest BCUT2D eigenvalue weighted by Crippen LogP contribution is -2.30. The van der Waals surface area contributed by atoms with Crippen LogP contribution >= 0.6 is 0 Å². The minimum atomic E-state index is 0. The Labute approximate surface area is 308 Å². The van der Waals surface area contributed by atoms with Crippen LogP contribution in [0.2, 0.25) is 0 Å². The Hall–Kier alpha value is -0.0400. The maximum Gasteiger partial charge on any atom is 0.000398 e. The lowest BCUT2D eigenvalue weighted by atomic mass is 9.91. The van der Waals surface area contributed by atoms with Crippen molar-refractivity contribution >= 4 is 0 Å². The lowest BCUT2D eigenvalue weighted by molar-refractivity contribution is 0.221. The molecule has 5 rings (SSSR count). The second kappa shape index (κ2) is 38.2. The van der Waals surface area contributed by atoms with Gasteiger partial charge in [0.05, 0.1) is 0 Å². The monoisotopic (exact) mass is 678 g/mol. The summed E-state index contributed by atoms with van der Waals surface area (Å²) < 4.78 is 0. The van der Waals surface area contributed by atoms with Gasteiger partial charge in [0.1, 0.15) is 0 Å². The molecular formula is C47H99N. The van der Waals surface area contributed by atoms with Gasteiger partial charge in [-0.25, -0.2) is 0 Å². The van der Waals surface area contributed by atoms with E-state index in [2.05, 4.69) is 46.6 Å². The summed E-state index contributed by atoms with van der Waals surface area (Å²) in [6, 6.07) is 0. The van der Waals surface area contributed by atoms with Crippen molar-refractivity contribution in [1.29, 1.82) is 0 Å². The van der Waals surface area contributed by atoms with Crippen molar-refractivity contribution in [2.75, 3.05) is 20.1 Å². The first-order chi connectivity index (χ1) is 22.9. The van der Waals surface area contributed by atoms with Gasteiger partial charge < -0.3 is 4.90 Å². The van der Waals surface area contributed by atoms with Crippen molar-refractivity contribution in [3.8, 4) is 0 Å². The van der Waals surface area contributed by atoms with Crippen LogP contribution in [-0.4, -0.2) is 25.0 Å². The van der Waals surface area contributed by atoms with E-state index in [1.54, 1.807) is 0 Å². The normalized spacial score (nSPS) is 24.9. The Balaban J connectivity index is 0. The lowest BCUT2D eigenvalue weighted by Gasteiger charge is -2.26. The molecule has 4 saturated carbocycles. The fourth-order valence-corrected chi connectivity index (χ4v) is 8.24. The summed E-state index contributed by atoms with van der Waals surface area (Å²) in [6.45, 7) is 18.5. The summed E-state index contributed by atoms with van der Waals surface area (Å²) in [6.07, 6.45) is 46.0. The van der Waals surface area contributed by atoms with Crippen LogP contribution in [0.3, 0.4) is 0 Å². The topological polar surface area (TPSA) is 3.24 Å². The minimum Gasteiger partial charge on any atom is -0.306 e.